The highest BCUT2D eigenvalue weighted by atomic mass is 35.5. The van der Waals surface area contributed by atoms with Crippen molar-refractivity contribution in [2.24, 2.45) is 0 Å². The van der Waals surface area contributed by atoms with Gasteiger partial charge in [0.25, 0.3) is 0 Å². The van der Waals surface area contributed by atoms with Gasteiger partial charge in [-0.2, -0.15) is 0 Å². The predicted molar refractivity (Wildman–Crippen MR) is 58.6 cm³/mol. The van der Waals surface area contributed by atoms with Crippen molar-refractivity contribution in [1.82, 2.24) is 5.32 Å². The van der Waals surface area contributed by atoms with Crippen LogP contribution in [0, 0.1) is 5.82 Å². The lowest BCUT2D eigenvalue weighted by Crippen LogP contribution is -2.32. The number of ketones is 1. The number of carbonyl (C=O) groups is 1. The maximum absolute atomic E-state index is 13.4. The molecule has 0 aliphatic heterocycles. The van der Waals surface area contributed by atoms with Crippen molar-refractivity contribution in [2.45, 2.75) is 19.4 Å². The first-order valence-corrected chi connectivity index (χ1v) is 5.07. The van der Waals surface area contributed by atoms with Crippen LogP contribution in [0.5, 0.6) is 0 Å². The van der Waals surface area contributed by atoms with Gasteiger partial charge in [0.05, 0.1) is 11.1 Å². The molecule has 0 radical (unpaired) electrons. The third-order valence-corrected chi connectivity index (χ3v) is 2.60. The topological polar surface area (TPSA) is 29.1 Å². The van der Waals surface area contributed by atoms with Crippen molar-refractivity contribution in [3.8, 4) is 0 Å². The van der Waals surface area contributed by atoms with Gasteiger partial charge in [-0.15, -0.1) is 0 Å². The van der Waals surface area contributed by atoms with E-state index in [1.54, 1.807) is 26.1 Å². The molecule has 1 atom stereocenters. The minimum atomic E-state index is -0.504. The first-order valence-electron chi connectivity index (χ1n) is 4.69. The van der Waals surface area contributed by atoms with Crippen LogP contribution < -0.4 is 5.32 Å². The second-order valence-corrected chi connectivity index (χ2v) is 3.77. The SMILES string of the molecule is CNC(C)C(=O)Cc1cccc(Cl)c1F. The summed E-state index contributed by atoms with van der Waals surface area (Å²) in [5.74, 6) is -0.561. The van der Waals surface area contributed by atoms with Crippen LogP contribution in [0.25, 0.3) is 0 Å². The molecule has 0 amide bonds. The Morgan fingerprint density at radius 3 is 2.87 bits per heavy atom. The summed E-state index contributed by atoms with van der Waals surface area (Å²) in [7, 11) is 1.69. The van der Waals surface area contributed by atoms with Gasteiger partial charge in [0.2, 0.25) is 0 Å². The van der Waals surface area contributed by atoms with Gasteiger partial charge < -0.3 is 5.32 Å². The summed E-state index contributed by atoms with van der Waals surface area (Å²) in [5.41, 5.74) is 0.342. The van der Waals surface area contributed by atoms with E-state index >= 15 is 0 Å². The third kappa shape index (κ3) is 3.01. The molecule has 0 saturated heterocycles. The van der Waals surface area contributed by atoms with Crippen LogP contribution in [0.1, 0.15) is 12.5 Å². The Balaban J connectivity index is 2.81. The highest BCUT2D eigenvalue weighted by molar-refractivity contribution is 6.30. The molecule has 1 rings (SSSR count). The van der Waals surface area contributed by atoms with E-state index in [2.05, 4.69) is 5.32 Å². The fourth-order valence-corrected chi connectivity index (χ4v) is 1.38. The van der Waals surface area contributed by atoms with E-state index in [4.69, 9.17) is 11.6 Å². The molecule has 0 bridgehead atoms. The summed E-state index contributed by atoms with van der Waals surface area (Å²) in [5, 5.41) is 2.87. The van der Waals surface area contributed by atoms with Crippen LogP contribution in [0.2, 0.25) is 5.02 Å². The lowest BCUT2D eigenvalue weighted by molar-refractivity contribution is -0.119. The molecule has 2 nitrogen and oxygen atoms in total. The summed E-state index contributed by atoms with van der Waals surface area (Å²) >= 11 is 5.61. The number of halogens is 2. The molecule has 0 saturated carbocycles. The standard InChI is InChI=1S/C11H13ClFNO/c1-7(14-2)10(15)6-8-4-3-5-9(12)11(8)13/h3-5,7,14H,6H2,1-2H3. The van der Waals surface area contributed by atoms with Crippen LogP contribution >= 0.6 is 11.6 Å². The van der Waals surface area contributed by atoms with Gasteiger partial charge in [0, 0.05) is 6.42 Å². The number of hydrogen-bond donors (Lipinski definition) is 1. The summed E-state index contributed by atoms with van der Waals surface area (Å²) in [4.78, 5) is 11.5. The molecule has 1 unspecified atom stereocenters. The van der Waals surface area contributed by atoms with Crippen molar-refractivity contribution >= 4 is 17.4 Å². The van der Waals surface area contributed by atoms with Crippen LogP contribution in [-0.2, 0) is 11.2 Å². The molecule has 0 heterocycles. The average Bonchev–Trinajstić information content (AvgIpc) is 2.23. The minimum absolute atomic E-state index is 0.0532. The molecular weight excluding hydrogens is 217 g/mol. The zero-order chi connectivity index (χ0) is 11.4. The number of carbonyl (C=O) groups excluding carboxylic acids is 1. The number of Topliss-reactive ketones (excluding diaryl/α,β-unsaturated/α-hetero) is 1. The molecule has 0 aromatic heterocycles. The Bertz CT molecular complexity index is 368. The molecule has 0 spiro atoms. The molecule has 0 aliphatic carbocycles. The molecule has 82 valence electrons. The van der Waals surface area contributed by atoms with Crippen LogP contribution in [0.3, 0.4) is 0 Å². The van der Waals surface area contributed by atoms with Crippen LogP contribution in [0.15, 0.2) is 18.2 Å². The number of rotatable bonds is 4. The van der Waals surface area contributed by atoms with Gasteiger partial charge in [-0.1, -0.05) is 23.7 Å². The maximum atomic E-state index is 13.4. The smallest absolute Gasteiger partial charge is 0.153 e. The van der Waals surface area contributed by atoms with Crippen molar-refractivity contribution < 1.29 is 9.18 Å². The summed E-state index contributed by atoms with van der Waals surface area (Å²) in [6.45, 7) is 1.74. The van der Waals surface area contributed by atoms with Gasteiger partial charge >= 0.3 is 0 Å². The third-order valence-electron chi connectivity index (χ3n) is 2.31. The maximum Gasteiger partial charge on any atom is 0.153 e. The van der Waals surface area contributed by atoms with Crippen LogP contribution in [0.4, 0.5) is 4.39 Å². The Labute approximate surface area is 93.4 Å². The van der Waals surface area contributed by atoms with Crippen molar-refractivity contribution in [3.05, 3.63) is 34.6 Å². The van der Waals surface area contributed by atoms with Crippen molar-refractivity contribution in [3.63, 3.8) is 0 Å². The van der Waals surface area contributed by atoms with Crippen molar-refractivity contribution in [2.75, 3.05) is 7.05 Å². The molecule has 1 aromatic rings. The van der Waals surface area contributed by atoms with E-state index in [1.165, 1.54) is 6.07 Å². The van der Waals surface area contributed by atoms with Crippen molar-refractivity contribution in [1.29, 1.82) is 0 Å². The minimum Gasteiger partial charge on any atom is -0.311 e. The molecule has 0 aliphatic rings. The van der Waals surface area contributed by atoms with E-state index in [-0.39, 0.29) is 23.3 Å². The first-order chi connectivity index (χ1) is 7.06. The van der Waals surface area contributed by atoms with Gasteiger partial charge in [-0.25, -0.2) is 4.39 Å². The van der Waals surface area contributed by atoms with Gasteiger partial charge in [0.15, 0.2) is 5.78 Å². The largest absolute Gasteiger partial charge is 0.311 e. The molecule has 1 aromatic carbocycles. The summed E-state index contributed by atoms with van der Waals surface area (Å²) < 4.78 is 13.4. The summed E-state index contributed by atoms with van der Waals surface area (Å²) in [6, 6.07) is 4.40. The highest BCUT2D eigenvalue weighted by Crippen LogP contribution is 2.18. The first kappa shape index (κ1) is 12.1. The Hall–Kier alpha value is -0.930. The van der Waals surface area contributed by atoms with Crippen LogP contribution in [-0.4, -0.2) is 18.9 Å². The van der Waals surface area contributed by atoms with Gasteiger partial charge in [-0.05, 0) is 25.6 Å². The Kier molecular flexibility index (Phi) is 4.24. The Morgan fingerprint density at radius 1 is 1.60 bits per heavy atom. The quantitative estimate of drug-likeness (QED) is 0.858. The highest BCUT2D eigenvalue weighted by Gasteiger charge is 2.14. The normalized spacial score (nSPS) is 12.5. The zero-order valence-electron chi connectivity index (χ0n) is 8.68. The second kappa shape index (κ2) is 5.24. The fourth-order valence-electron chi connectivity index (χ4n) is 1.19. The number of benzene rings is 1. The lowest BCUT2D eigenvalue weighted by Gasteiger charge is -2.09. The number of likely N-dealkylation sites (N-methyl/N-ethyl adjacent to an activating group) is 1. The van der Waals surface area contributed by atoms with E-state index in [1.807, 2.05) is 0 Å². The van der Waals surface area contributed by atoms with E-state index < -0.39 is 5.82 Å². The summed E-state index contributed by atoms with van der Waals surface area (Å²) in [6.07, 6.45) is 0.0639. The predicted octanol–water partition coefficient (Wildman–Crippen LogP) is 2.20. The average molecular weight is 230 g/mol. The van der Waals surface area contributed by atoms with Gasteiger partial charge in [-0.3, -0.25) is 4.79 Å². The second-order valence-electron chi connectivity index (χ2n) is 3.37. The van der Waals surface area contributed by atoms with E-state index in [0.717, 1.165) is 0 Å². The number of hydrogen-bond acceptors (Lipinski definition) is 2. The molecule has 4 heteroatoms. The monoisotopic (exact) mass is 229 g/mol. The van der Waals surface area contributed by atoms with E-state index in [0.29, 0.717) is 5.56 Å². The fraction of sp³-hybridized carbons (Fsp3) is 0.364. The lowest BCUT2D eigenvalue weighted by atomic mass is 10.0. The Morgan fingerprint density at radius 2 is 2.27 bits per heavy atom. The molecular formula is C11H13ClFNO. The van der Waals surface area contributed by atoms with E-state index in [9.17, 15) is 9.18 Å². The number of nitrogens with one attached hydrogen (secondary N) is 1. The van der Waals surface area contributed by atoms with Gasteiger partial charge in [0.1, 0.15) is 5.82 Å². The molecule has 15 heavy (non-hydrogen) atoms. The molecule has 1 N–H and O–H groups in total. The zero-order valence-corrected chi connectivity index (χ0v) is 9.44. The molecule has 0 fully saturated rings.